The van der Waals surface area contributed by atoms with Crippen LogP contribution in [0, 0.1) is 23.7 Å². The average Bonchev–Trinajstić information content (AvgIpc) is 2.71. The third-order valence-corrected chi connectivity index (χ3v) is 5.65. The molecule has 2 aliphatic rings. The Balaban J connectivity index is 1.87. The zero-order valence-electron chi connectivity index (χ0n) is 12.7. The molecule has 0 saturated heterocycles. The Morgan fingerprint density at radius 3 is 2.40 bits per heavy atom. The van der Waals surface area contributed by atoms with Gasteiger partial charge in [-0.05, 0) is 37.3 Å². The predicted octanol–water partition coefficient (Wildman–Crippen LogP) is 3.79. The topological polar surface area (TPSA) is 41.5 Å². The molecular weight excluding hydrogens is 248 g/mol. The van der Waals surface area contributed by atoms with Gasteiger partial charge in [0.05, 0.1) is 5.69 Å². The minimum Gasteiger partial charge on any atom is -0.292 e. The lowest BCUT2D eigenvalue weighted by Gasteiger charge is -2.31. The van der Waals surface area contributed by atoms with Gasteiger partial charge in [-0.25, -0.2) is 0 Å². The van der Waals surface area contributed by atoms with Gasteiger partial charge in [0.2, 0.25) is 0 Å². The molecule has 20 heavy (non-hydrogen) atoms. The molecule has 1 N–H and O–H groups in total. The van der Waals surface area contributed by atoms with Crippen LogP contribution in [0.4, 0.5) is 5.69 Å². The van der Waals surface area contributed by atoms with Gasteiger partial charge in [-0.2, -0.15) is 5.10 Å². The molecule has 0 aliphatic heterocycles. The zero-order chi connectivity index (χ0) is 14.5. The molecule has 2 bridgehead atoms. The number of benzene rings is 1. The van der Waals surface area contributed by atoms with Gasteiger partial charge in [0.15, 0.2) is 5.78 Å². The number of fused-ring (bicyclic) bond motifs is 2. The number of rotatable bonds is 2. The highest BCUT2D eigenvalue weighted by Gasteiger charge is 2.65. The fourth-order valence-electron chi connectivity index (χ4n) is 3.71. The van der Waals surface area contributed by atoms with Crippen LogP contribution in [-0.2, 0) is 4.79 Å². The highest BCUT2D eigenvalue weighted by molar-refractivity contribution is 6.45. The summed E-state index contributed by atoms with van der Waals surface area (Å²) in [5.41, 5.74) is 5.73. The Kier molecular flexibility index (Phi) is 2.79. The summed E-state index contributed by atoms with van der Waals surface area (Å²) in [6, 6.07) is 8.06. The molecule has 1 aromatic rings. The minimum atomic E-state index is -0.231. The molecule has 3 heteroatoms. The van der Waals surface area contributed by atoms with Crippen LogP contribution in [0.1, 0.15) is 39.2 Å². The lowest BCUT2D eigenvalue weighted by Crippen LogP contribution is -2.33. The van der Waals surface area contributed by atoms with Gasteiger partial charge in [-0.1, -0.05) is 38.5 Å². The van der Waals surface area contributed by atoms with E-state index in [1.165, 1.54) is 5.56 Å². The first-order valence-electron chi connectivity index (χ1n) is 7.31. The van der Waals surface area contributed by atoms with Crippen molar-refractivity contribution in [2.24, 2.45) is 21.8 Å². The summed E-state index contributed by atoms with van der Waals surface area (Å²) in [5, 5.41) is 4.44. The van der Waals surface area contributed by atoms with Crippen molar-refractivity contribution < 1.29 is 4.79 Å². The molecule has 3 rings (SSSR count). The van der Waals surface area contributed by atoms with E-state index in [4.69, 9.17) is 0 Å². The molecule has 0 amide bonds. The number of aryl methyl sites for hydroxylation is 1. The van der Waals surface area contributed by atoms with Gasteiger partial charge in [0.25, 0.3) is 0 Å². The van der Waals surface area contributed by atoms with Gasteiger partial charge in [0.1, 0.15) is 5.71 Å². The highest BCUT2D eigenvalue weighted by atomic mass is 16.1. The number of Topliss-reactive ketones (excluding diaryl/α,β-unsaturated/α-hetero) is 1. The van der Waals surface area contributed by atoms with Crippen molar-refractivity contribution in [3.05, 3.63) is 29.8 Å². The molecular formula is C17H22N2O. The normalized spacial score (nSPS) is 32.9. The van der Waals surface area contributed by atoms with Crippen LogP contribution in [0.3, 0.4) is 0 Å². The summed E-state index contributed by atoms with van der Waals surface area (Å²) in [5.74, 6) is 0.524. The van der Waals surface area contributed by atoms with Crippen LogP contribution < -0.4 is 5.43 Å². The largest absolute Gasteiger partial charge is 0.292 e. The van der Waals surface area contributed by atoms with Crippen molar-refractivity contribution in [3.63, 3.8) is 0 Å². The van der Waals surface area contributed by atoms with Crippen molar-refractivity contribution >= 4 is 17.2 Å². The fourth-order valence-corrected chi connectivity index (χ4v) is 3.71. The molecule has 0 aromatic heterocycles. The highest BCUT2D eigenvalue weighted by Crippen LogP contribution is 2.62. The van der Waals surface area contributed by atoms with E-state index in [2.05, 4.69) is 38.2 Å². The SMILES string of the molecule is Cc1ccc(N/N=C2\C(=O)[C@]3(C)CC[C@H]2C3(C)C)cc1. The third-order valence-electron chi connectivity index (χ3n) is 5.65. The zero-order valence-corrected chi connectivity index (χ0v) is 12.7. The van der Waals surface area contributed by atoms with E-state index in [1.54, 1.807) is 0 Å². The summed E-state index contributed by atoms with van der Waals surface area (Å²) < 4.78 is 0. The Bertz CT molecular complexity index is 586. The number of anilines is 1. The van der Waals surface area contributed by atoms with Gasteiger partial charge in [-0.3, -0.25) is 10.2 Å². The van der Waals surface area contributed by atoms with E-state index in [9.17, 15) is 4.79 Å². The first kappa shape index (κ1) is 13.3. The maximum Gasteiger partial charge on any atom is 0.185 e. The van der Waals surface area contributed by atoms with Crippen LogP contribution in [0.5, 0.6) is 0 Å². The second-order valence-corrected chi connectivity index (χ2v) is 6.95. The third kappa shape index (κ3) is 1.65. The molecule has 0 spiro atoms. The number of carbonyl (C=O) groups is 1. The van der Waals surface area contributed by atoms with E-state index < -0.39 is 0 Å². The van der Waals surface area contributed by atoms with E-state index in [0.717, 1.165) is 24.2 Å². The van der Waals surface area contributed by atoms with Crippen molar-refractivity contribution in [1.29, 1.82) is 0 Å². The van der Waals surface area contributed by atoms with Gasteiger partial charge in [0, 0.05) is 11.3 Å². The standard InChI is InChI=1S/C17H22N2O/c1-11-5-7-12(8-6-11)18-19-14-13-9-10-17(4,15(14)20)16(13,2)3/h5-8,13,18H,9-10H2,1-4H3/b19-14-/t13-,17+/m1/s1. The summed E-state index contributed by atoms with van der Waals surface area (Å²) in [4.78, 5) is 12.6. The molecule has 2 fully saturated rings. The van der Waals surface area contributed by atoms with Crippen molar-refractivity contribution in [2.75, 3.05) is 5.43 Å². The first-order valence-corrected chi connectivity index (χ1v) is 7.31. The number of hydrogen-bond donors (Lipinski definition) is 1. The summed E-state index contributed by atoms with van der Waals surface area (Å²) >= 11 is 0. The maximum atomic E-state index is 12.6. The second-order valence-electron chi connectivity index (χ2n) is 6.95. The lowest BCUT2D eigenvalue weighted by atomic mass is 9.70. The molecule has 1 aromatic carbocycles. The molecule has 2 aliphatic carbocycles. The number of nitrogens with zero attached hydrogens (tertiary/aromatic N) is 1. The monoisotopic (exact) mass is 270 g/mol. The molecule has 0 heterocycles. The van der Waals surface area contributed by atoms with Crippen LogP contribution in [0.2, 0.25) is 0 Å². The summed E-state index contributed by atoms with van der Waals surface area (Å²) in [7, 11) is 0. The van der Waals surface area contributed by atoms with E-state index >= 15 is 0 Å². The van der Waals surface area contributed by atoms with Crippen molar-refractivity contribution in [3.8, 4) is 0 Å². The van der Waals surface area contributed by atoms with Crippen LogP contribution in [0.15, 0.2) is 29.4 Å². The van der Waals surface area contributed by atoms with Crippen LogP contribution in [-0.4, -0.2) is 11.5 Å². The second kappa shape index (κ2) is 4.18. The average molecular weight is 270 g/mol. The Hall–Kier alpha value is -1.64. The molecule has 2 atom stereocenters. The van der Waals surface area contributed by atoms with Crippen molar-refractivity contribution in [2.45, 2.75) is 40.5 Å². The number of hydrogen-bond acceptors (Lipinski definition) is 3. The number of ketones is 1. The smallest absolute Gasteiger partial charge is 0.185 e. The molecule has 3 nitrogen and oxygen atoms in total. The molecule has 0 radical (unpaired) electrons. The number of hydrazone groups is 1. The number of carbonyl (C=O) groups excluding carboxylic acids is 1. The summed E-state index contributed by atoms with van der Waals surface area (Å²) in [6.07, 6.45) is 2.07. The van der Waals surface area contributed by atoms with E-state index in [-0.39, 0.29) is 22.5 Å². The Morgan fingerprint density at radius 2 is 1.85 bits per heavy atom. The van der Waals surface area contributed by atoms with Crippen LogP contribution >= 0.6 is 0 Å². The molecule has 0 unspecified atom stereocenters. The number of nitrogens with one attached hydrogen (secondary N) is 1. The van der Waals surface area contributed by atoms with E-state index in [1.807, 2.05) is 24.3 Å². The van der Waals surface area contributed by atoms with E-state index in [0.29, 0.717) is 0 Å². The van der Waals surface area contributed by atoms with Crippen LogP contribution in [0.25, 0.3) is 0 Å². The lowest BCUT2D eigenvalue weighted by molar-refractivity contribution is -0.123. The molecule has 106 valence electrons. The fraction of sp³-hybridized carbons (Fsp3) is 0.529. The first-order chi connectivity index (χ1) is 9.36. The van der Waals surface area contributed by atoms with Gasteiger partial charge in [-0.15, -0.1) is 0 Å². The predicted molar refractivity (Wildman–Crippen MR) is 81.9 cm³/mol. The quantitative estimate of drug-likeness (QED) is 0.831. The van der Waals surface area contributed by atoms with Gasteiger partial charge < -0.3 is 0 Å². The van der Waals surface area contributed by atoms with Crippen molar-refractivity contribution in [1.82, 2.24) is 0 Å². The Morgan fingerprint density at radius 1 is 1.20 bits per heavy atom. The molecule has 2 saturated carbocycles. The maximum absolute atomic E-state index is 12.6. The van der Waals surface area contributed by atoms with Gasteiger partial charge >= 0.3 is 0 Å². The Labute approximate surface area is 120 Å². The minimum absolute atomic E-state index is 0.0257. The summed E-state index contributed by atoms with van der Waals surface area (Å²) in [6.45, 7) is 8.57.